The summed E-state index contributed by atoms with van der Waals surface area (Å²) in [5, 5.41) is 9.09. The van der Waals surface area contributed by atoms with E-state index in [-0.39, 0.29) is 11.5 Å². The van der Waals surface area contributed by atoms with Crippen molar-refractivity contribution < 1.29 is 13.5 Å². The predicted molar refractivity (Wildman–Crippen MR) is 86.8 cm³/mol. The molecule has 0 unspecified atom stereocenters. The van der Waals surface area contributed by atoms with Gasteiger partial charge in [0.05, 0.1) is 12.3 Å². The number of hydrogen-bond donors (Lipinski definition) is 1. The zero-order valence-corrected chi connectivity index (χ0v) is 14.1. The van der Waals surface area contributed by atoms with Crippen LogP contribution in [0.4, 0.5) is 5.69 Å². The Bertz CT molecular complexity index is 759. The minimum Gasteiger partial charge on any atom is -0.392 e. The third kappa shape index (κ3) is 3.28. The zero-order chi connectivity index (χ0) is 15.6. The number of anilines is 1. The molecular weight excluding hydrogens is 354 g/mol. The van der Waals surface area contributed by atoms with Crippen molar-refractivity contribution in [1.29, 1.82) is 0 Å². The smallest absolute Gasteiger partial charge is 0.265 e. The lowest BCUT2D eigenvalue weighted by atomic mass is 10.2. The van der Waals surface area contributed by atoms with Crippen LogP contribution in [0.25, 0.3) is 0 Å². The van der Waals surface area contributed by atoms with E-state index < -0.39 is 10.0 Å². The molecule has 1 N–H and O–H groups in total. The van der Waals surface area contributed by atoms with Gasteiger partial charge in [-0.15, -0.1) is 0 Å². The van der Waals surface area contributed by atoms with Crippen LogP contribution in [-0.4, -0.2) is 20.6 Å². The van der Waals surface area contributed by atoms with Crippen LogP contribution in [0.3, 0.4) is 0 Å². The molecule has 0 saturated carbocycles. The van der Waals surface area contributed by atoms with Crippen molar-refractivity contribution in [2.75, 3.05) is 11.4 Å². The molecule has 0 heterocycles. The van der Waals surface area contributed by atoms with Crippen LogP contribution in [0.2, 0.25) is 0 Å². The van der Waals surface area contributed by atoms with Gasteiger partial charge in [0.1, 0.15) is 4.90 Å². The minimum absolute atomic E-state index is 0.132. The number of aryl methyl sites for hydroxylation is 1. The Hall–Kier alpha value is -1.37. The summed E-state index contributed by atoms with van der Waals surface area (Å²) in [6, 6.07) is 12.0. The number of benzene rings is 2. The van der Waals surface area contributed by atoms with Crippen molar-refractivity contribution in [3.63, 3.8) is 0 Å². The van der Waals surface area contributed by atoms with Crippen LogP contribution < -0.4 is 4.31 Å². The molecule has 0 saturated heterocycles. The highest BCUT2D eigenvalue weighted by Crippen LogP contribution is 2.28. The van der Waals surface area contributed by atoms with Gasteiger partial charge in [0, 0.05) is 11.5 Å². The number of aliphatic hydroxyl groups excluding tert-OH is 1. The van der Waals surface area contributed by atoms with E-state index >= 15 is 0 Å². The van der Waals surface area contributed by atoms with E-state index in [1.807, 2.05) is 25.1 Å². The van der Waals surface area contributed by atoms with Crippen molar-refractivity contribution in [2.24, 2.45) is 0 Å². The highest BCUT2D eigenvalue weighted by Gasteiger charge is 2.24. The molecule has 0 atom stereocenters. The summed E-state index contributed by atoms with van der Waals surface area (Å²) in [4.78, 5) is 0.170. The summed E-state index contributed by atoms with van der Waals surface area (Å²) in [6.45, 7) is 1.78. The van der Waals surface area contributed by atoms with Gasteiger partial charge >= 0.3 is 0 Å². The predicted octanol–water partition coefficient (Wildman–Crippen LogP) is 3.07. The van der Waals surface area contributed by atoms with Gasteiger partial charge in [0.15, 0.2) is 0 Å². The molecule has 0 aliphatic carbocycles. The Labute approximate surface area is 133 Å². The third-order valence-electron chi connectivity index (χ3n) is 3.18. The lowest BCUT2D eigenvalue weighted by Crippen LogP contribution is -2.27. The van der Waals surface area contributed by atoms with E-state index in [2.05, 4.69) is 15.9 Å². The molecule has 0 bridgehead atoms. The van der Waals surface area contributed by atoms with Crippen molar-refractivity contribution in [2.45, 2.75) is 18.4 Å². The van der Waals surface area contributed by atoms with Gasteiger partial charge in [-0.2, -0.15) is 0 Å². The second-order valence-corrected chi connectivity index (χ2v) is 7.53. The quantitative estimate of drug-likeness (QED) is 0.900. The second kappa shape index (κ2) is 6.17. The molecule has 4 nitrogen and oxygen atoms in total. The fraction of sp³-hybridized carbons (Fsp3) is 0.200. The van der Waals surface area contributed by atoms with Gasteiger partial charge in [0.25, 0.3) is 10.0 Å². The molecule has 0 radical (unpaired) electrons. The van der Waals surface area contributed by atoms with E-state index in [4.69, 9.17) is 5.11 Å². The number of hydrogen-bond acceptors (Lipinski definition) is 3. The summed E-state index contributed by atoms with van der Waals surface area (Å²) in [5.74, 6) is 0. The average Bonchev–Trinajstić information content (AvgIpc) is 2.45. The highest BCUT2D eigenvalue weighted by molar-refractivity contribution is 9.10. The Kier molecular flexibility index (Phi) is 4.70. The van der Waals surface area contributed by atoms with Gasteiger partial charge in [-0.1, -0.05) is 18.2 Å². The molecule has 0 aliphatic rings. The molecule has 21 heavy (non-hydrogen) atoms. The Morgan fingerprint density at radius 3 is 2.48 bits per heavy atom. The van der Waals surface area contributed by atoms with E-state index in [1.54, 1.807) is 18.2 Å². The second-order valence-electron chi connectivity index (χ2n) is 4.73. The SMILES string of the molecule is Cc1cccc(N(C)S(=O)(=O)c2ccc(CO)cc2Br)c1. The third-order valence-corrected chi connectivity index (χ3v) is 5.94. The van der Waals surface area contributed by atoms with E-state index in [1.165, 1.54) is 17.4 Å². The van der Waals surface area contributed by atoms with Crippen molar-refractivity contribution in [1.82, 2.24) is 0 Å². The largest absolute Gasteiger partial charge is 0.392 e. The van der Waals surface area contributed by atoms with Crippen LogP contribution in [-0.2, 0) is 16.6 Å². The van der Waals surface area contributed by atoms with Crippen molar-refractivity contribution in [3.05, 3.63) is 58.1 Å². The van der Waals surface area contributed by atoms with Gasteiger partial charge in [0.2, 0.25) is 0 Å². The number of rotatable bonds is 4. The number of aliphatic hydroxyl groups is 1. The maximum atomic E-state index is 12.7. The Morgan fingerprint density at radius 2 is 1.90 bits per heavy atom. The zero-order valence-electron chi connectivity index (χ0n) is 11.7. The Morgan fingerprint density at radius 1 is 1.19 bits per heavy atom. The van der Waals surface area contributed by atoms with Crippen LogP contribution in [0, 0.1) is 6.92 Å². The molecule has 6 heteroatoms. The van der Waals surface area contributed by atoms with Gasteiger partial charge in [-0.05, 0) is 58.2 Å². The summed E-state index contributed by atoms with van der Waals surface area (Å²) < 4.78 is 27.1. The number of sulfonamides is 1. The number of halogens is 1. The first-order valence-corrected chi connectivity index (χ1v) is 8.54. The topological polar surface area (TPSA) is 57.6 Å². The molecular formula is C15H16BrNO3S. The summed E-state index contributed by atoms with van der Waals surface area (Å²) >= 11 is 3.26. The maximum absolute atomic E-state index is 12.7. The molecule has 0 spiro atoms. The van der Waals surface area contributed by atoms with E-state index in [0.29, 0.717) is 15.7 Å². The first kappa shape index (κ1) is 16.0. The van der Waals surface area contributed by atoms with Gasteiger partial charge in [-0.25, -0.2) is 8.42 Å². The van der Waals surface area contributed by atoms with Crippen molar-refractivity contribution >= 4 is 31.6 Å². The van der Waals surface area contributed by atoms with Gasteiger partial charge in [-0.3, -0.25) is 4.31 Å². The normalized spacial score (nSPS) is 11.4. The average molecular weight is 370 g/mol. The fourth-order valence-corrected chi connectivity index (χ4v) is 4.23. The van der Waals surface area contributed by atoms with Crippen LogP contribution in [0.15, 0.2) is 51.8 Å². The molecule has 2 aromatic carbocycles. The standard InChI is InChI=1S/C15H16BrNO3S/c1-11-4-3-5-13(8-11)17(2)21(19,20)15-7-6-12(10-18)9-14(15)16/h3-9,18H,10H2,1-2H3. The molecule has 0 amide bonds. The summed E-state index contributed by atoms with van der Waals surface area (Å²) in [6.07, 6.45) is 0. The highest BCUT2D eigenvalue weighted by atomic mass is 79.9. The Balaban J connectivity index is 2.47. The molecule has 112 valence electrons. The molecule has 0 aromatic heterocycles. The van der Waals surface area contributed by atoms with Crippen molar-refractivity contribution in [3.8, 4) is 0 Å². The first-order chi connectivity index (χ1) is 9.86. The van der Waals surface area contributed by atoms with Crippen LogP contribution in [0.1, 0.15) is 11.1 Å². The van der Waals surface area contributed by atoms with Gasteiger partial charge < -0.3 is 5.11 Å². The van der Waals surface area contributed by atoms with Crippen LogP contribution in [0.5, 0.6) is 0 Å². The maximum Gasteiger partial charge on any atom is 0.265 e. The lowest BCUT2D eigenvalue weighted by molar-refractivity contribution is 0.281. The summed E-state index contributed by atoms with van der Waals surface area (Å²) in [5.41, 5.74) is 2.25. The minimum atomic E-state index is -3.66. The van der Waals surface area contributed by atoms with E-state index in [0.717, 1.165) is 5.56 Å². The fourth-order valence-electron chi connectivity index (χ4n) is 1.96. The molecule has 2 aromatic rings. The lowest BCUT2D eigenvalue weighted by Gasteiger charge is -2.21. The molecule has 0 fully saturated rings. The monoisotopic (exact) mass is 369 g/mol. The van der Waals surface area contributed by atoms with Crippen LogP contribution >= 0.6 is 15.9 Å². The van der Waals surface area contributed by atoms with E-state index in [9.17, 15) is 8.42 Å². The molecule has 0 aliphatic heterocycles. The summed E-state index contributed by atoms with van der Waals surface area (Å²) in [7, 11) is -2.14. The number of nitrogens with zero attached hydrogens (tertiary/aromatic N) is 1. The molecule has 2 rings (SSSR count). The first-order valence-electron chi connectivity index (χ1n) is 6.31.